The van der Waals surface area contributed by atoms with Crippen molar-refractivity contribution in [2.24, 2.45) is 23.2 Å². The summed E-state index contributed by atoms with van der Waals surface area (Å²) in [4.78, 5) is 39.0. The second-order valence-electron chi connectivity index (χ2n) is 10.2. The third kappa shape index (κ3) is 7.03. The van der Waals surface area contributed by atoms with Crippen LogP contribution in [-0.2, 0) is 18.8 Å². The Labute approximate surface area is 194 Å². The number of hydrogen-bond donors (Lipinski definition) is 1. The van der Waals surface area contributed by atoms with E-state index in [4.69, 9.17) is 9.16 Å². The van der Waals surface area contributed by atoms with Gasteiger partial charge in [0.1, 0.15) is 6.61 Å². The molecule has 1 unspecified atom stereocenters. The van der Waals surface area contributed by atoms with E-state index in [0.717, 1.165) is 6.42 Å². The predicted molar refractivity (Wildman–Crippen MR) is 126 cm³/mol. The van der Waals surface area contributed by atoms with Gasteiger partial charge in [-0.3, -0.25) is 9.59 Å². The molecule has 0 aliphatic carbocycles. The maximum absolute atomic E-state index is 12.9. The second kappa shape index (κ2) is 11.3. The molecule has 0 spiro atoms. The molecule has 0 saturated carbocycles. The van der Waals surface area contributed by atoms with Crippen LogP contribution in [0.2, 0.25) is 13.1 Å². The van der Waals surface area contributed by atoms with Crippen LogP contribution < -0.4 is 5.32 Å². The molecule has 7 nitrogen and oxygen atoms in total. The molecule has 2 aliphatic rings. The monoisotopic (exact) mass is 463 g/mol. The minimum absolute atomic E-state index is 0.0124. The van der Waals surface area contributed by atoms with E-state index in [1.807, 2.05) is 13.0 Å². The molecule has 2 saturated heterocycles. The quantitative estimate of drug-likeness (QED) is 0.232. The molecule has 0 bridgehead atoms. The van der Waals surface area contributed by atoms with Crippen molar-refractivity contribution in [2.75, 3.05) is 26.3 Å². The van der Waals surface area contributed by atoms with Crippen LogP contribution in [0.5, 0.6) is 0 Å². The van der Waals surface area contributed by atoms with Crippen molar-refractivity contribution in [2.45, 2.75) is 59.7 Å². The van der Waals surface area contributed by atoms with E-state index in [2.05, 4.69) is 45.8 Å². The van der Waals surface area contributed by atoms with Gasteiger partial charge in [0.15, 0.2) is 5.78 Å². The summed E-state index contributed by atoms with van der Waals surface area (Å²) < 4.78 is 11.0. The maximum atomic E-state index is 12.9. The zero-order chi connectivity index (χ0) is 24.1. The van der Waals surface area contributed by atoms with Gasteiger partial charge < -0.3 is 19.4 Å². The number of nitrogens with zero attached hydrogens (tertiary/aromatic N) is 1. The van der Waals surface area contributed by atoms with Gasteiger partial charge in [0.05, 0.1) is 5.92 Å². The fourth-order valence-electron chi connectivity index (χ4n) is 4.36. The standard InChI is InChI=1S/C24H39N2O5Si/c1-8-11-30-23(29)26-10-9-17(14-26)12-16(2)20(27)13-19-21(22(28)25-19)18(24(3,4)5)15-31-32(6)7/h8,12,17-19,21H,1,9-11,13-15H2,2-7H3,(H,25,28)/t17?,18-,19-,21+/m1/s1. The van der Waals surface area contributed by atoms with E-state index in [1.165, 1.54) is 0 Å². The van der Waals surface area contributed by atoms with Gasteiger partial charge in [-0.25, -0.2) is 4.79 Å². The summed E-state index contributed by atoms with van der Waals surface area (Å²) in [6.45, 7) is 17.8. The first-order valence-corrected chi connectivity index (χ1v) is 13.8. The smallest absolute Gasteiger partial charge is 0.410 e. The number of nitrogens with one attached hydrogen (secondary N) is 1. The van der Waals surface area contributed by atoms with Crippen molar-refractivity contribution in [3.8, 4) is 0 Å². The third-order valence-electron chi connectivity index (χ3n) is 6.30. The molecule has 2 aliphatic heterocycles. The Kier molecular flexibility index (Phi) is 9.27. The van der Waals surface area contributed by atoms with E-state index < -0.39 is 9.04 Å². The molecule has 2 amide bonds. The zero-order valence-corrected chi connectivity index (χ0v) is 21.4. The first-order valence-electron chi connectivity index (χ1n) is 11.4. The van der Waals surface area contributed by atoms with Crippen LogP contribution >= 0.6 is 0 Å². The summed E-state index contributed by atoms with van der Waals surface area (Å²) in [5.74, 6) is 0.0284. The number of hydrogen-bond acceptors (Lipinski definition) is 5. The lowest BCUT2D eigenvalue weighted by atomic mass is 9.66. The first kappa shape index (κ1) is 26.3. The summed E-state index contributed by atoms with van der Waals surface area (Å²) >= 11 is 0. The molecule has 8 heteroatoms. The molecule has 2 fully saturated rings. The van der Waals surface area contributed by atoms with E-state index >= 15 is 0 Å². The minimum atomic E-state index is -0.855. The number of β-lactam (4-membered cyclic amide) rings is 1. The molecule has 32 heavy (non-hydrogen) atoms. The Morgan fingerprint density at radius 2 is 2.03 bits per heavy atom. The fourth-order valence-corrected chi connectivity index (χ4v) is 4.88. The van der Waals surface area contributed by atoms with Gasteiger partial charge >= 0.3 is 6.09 Å². The number of ketones is 1. The average Bonchev–Trinajstić information content (AvgIpc) is 3.16. The zero-order valence-electron chi connectivity index (χ0n) is 20.4. The normalized spacial score (nSPS) is 24.7. The van der Waals surface area contributed by atoms with Crippen molar-refractivity contribution in [3.63, 3.8) is 0 Å². The van der Waals surface area contributed by atoms with Gasteiger partial charge in [-0.15, -0.1) is 0 Å². The van der Waals surface area contributed by atoms with Crippen LogP contribution in [0.25, 0.3) is 0 Å². The lowest BCUT2D eigenvalue weighted by Crippen LogP contribution is -2.63. The lowest BCUT2D eigenvalue weighted by Gasteiger charge is -2.46. The van der Waals surface area contributed by atoms with Gasteiger partial charge in [-0.05, 0) is 49.3 Å². The number of allylic oxidation sites excluding steroid dienone is 1. The number of amides is 2. The van der Waals surface area contributed by atoms with Crippen molar-refractivity contribution >= 4 is 26.8 Å². The average molecular weight is 464 g/mol. The molecule has 0 aromatic rings. The SMILES string of the molecule is C=CCOC(=O)N1CCC(C=C(C)C(=O)C[C@H]2NC(=O)[C@H]2[C@@H](CO[Si](C)C)C(C)(C)C)C1. The molecule has 179 valence electrons. The maximum Gasteiger partial charge on any atom is 0.410 e. The molecule has 1 N–H and O–H groups in total. The summed E-state index contributed by atoms with van der Waals surface area (Å²) in [7, 11) is -0.855. The molecule has 4 atom stereocenters. The van der Waals surface area contributed by atoms with Crippen LogP contribution in [-0.4, -0.2) is 64.1 Å². The summed E-state index contributed by atoms with van der Waals surface area (Å²) in [5, 5.41) is 2.94. The molecule has 2 heterocycles. The predicted octanol–water partition coefficient (Wildman–Crippen LogP) is 3.58. The Balaban J connectivity index is 1.96. The van der Waals surface area contributed by atoms with Crippen LogP contribution in [0.3, 0.4) is 0 Å². The van der Waals surface area contributed by atoms with E-state index in [1.54, 1.807) is 11.0 Å². The Morgan fingerprint density at radius 3 is 2.59 bits per heavy atom. The molecule has 0 aromatic heterocycles. The highest BCUT2D eigenvalue weighted by atomic mass is 28.3. The first-order chi connectivity index (χ1) is 14.9. The van der Waals surface area contributed by atoms with Crippen molar-refractivity contribution in [3.05, 3.63) is 24.3 Å². The highest BCUT2D eigenvalue weighted by Gasteiger charge is 2.49. The van der Waals surface area contributed by atoms with Crippen LogP contribution in [0.1, 0.15) is 40.5 Å². The van der Waals surface area contributed by atoms with Crippen LogP contribution in [0, 0.1) is 23.2 Å². The van der Waals surface area contributed by atoms with Gasteiger partial charge in [0.25, 0.3) is 0 Å². The van der Waals surface area contributed by atoms with E-state index in [9.17, 15) is 14.4 Å². The topological polar surface area (TPSA) is 84.9 Å². The molecule has 2 rings (SSSR count). The fraction of sp³-hybridized carbons (Fsp3) is 0.708. The van der Waals surface area contributed by atoms with Crippen LogP contribution in [0.4, 0.5) is 4.79 Å². The minimum Gasteiger partial charge on any atom is -0.445 e. The van der Waals surface area contributed by atoms with E-state index in [-0.39, 0.29) is 53.6 Å². The van der Waals surface area contributed by atoms with Gasteiger partial charge in [0, 0.05) is 32.2 Å². The summed E-state index contributed by atoms with van der Waals surface area (Å²) in [6, 6.07) is -0.162. The number of rotatable bonds is 10. The largest absolute Gasteiger partial charge is 0.445 e. The second-order valence-corrected chi connectivity index (χ2v) is 12.3. The van der Waals surface area contributed by atoms with Crippen molar-refractivity contribution < 1.29 is 23.5 Å². The lowest BCUT2D eigenvalue weighted by molar-refractivity contribution is -0.143. The van der Waals surface area contributed by atoms with E-state index in [0.29, 0.717) is 31.7 Å². The van der Waals surface area contributed by atoms with Gasteiger partial charge in [0.2, 0.25) is 14.9 Å². The highest BCUT2D eigenvalue weighted by Crippen LogP contribution is 2.39. The number of carbonyl (C=O) groups is 3. The number of carbonyl (C=O) groups excluding carboxylic acids is 3. The summed E-state index contributed by atoms with van der Waals surface area (Å²) in [5.41, 5.74) is 0.590. The summed E-state index contributed by atoms with van der Waals surface area (Å²) in [6.07, 6.45) is 4.26. The molecular formula is C24H39N2O5Si. The Hall–Kier alpha value is -1.93. The van der Waals surface area contributed by atoms with Crippen molar-refractivity contribution in [1.29, 1.82) is 0 Å². The molecular weight excluding hydrogens is 424 g/mol. The highest BCUT2D eigenvalue weighted by molar-refractivity contribution is 6.48. The molecule has 0 aromatic carbocycles. The number of ether oxygens (including phenoxy) is 1. The van der Waals surface area contributed by atoms with Crippen LogP contribution in [0.15, 0.2) is 24.3 Å². The third-order valence-corrected chi connectivity index (χ3v) is 7.04. The Morgan fingerprint density at radius 1 is 1.34 bits per heavy atom. The van der Waals surface area contributed by atoms with Gasteiger partial charge in [-0.1, -0.05) is 39.5 Å². The van der Waals surface area contributed by atoms with Gasteiger partial charge in [-0.2, -0.15) is 0 Å². The molecule has 1 radical (unpaired) electrons. The number of likely N-dealkylation sites (tertiary alicyclic amines) is 1. The Bertz CT molecular complexity index is 743. The number of Topliss-reactive ketones (excluding diaryl/α,β-unsaturated/α-hetero) is 1. The van der Waals surface area contributed by atoms with Crippen molar-refractivity contribution in [1.82, 2.24) is 10.2 Å².